The van der Waals surface area contributed by atoms with Crippen molar-refractivity contribution in [3.63, 3.8) is 0 Å². The number of ether oxygens (including phenoxy) is 1. The molecule has 0 aliphatic carbocycles. The first-order valence-electron chi connectivity index (χ1n) is 6.52. The van der Waals surface area contributed by atoms with Crippen LogP contribution >= 0.6 is 27.5 Å². The summed E-state index contributed by atoms with van der Waals surface area (Å²) < 4.78 is 8.37. The molecule has 108 valence electrons. The summed E-state index contributed by atoms with van der Waals surface area (Å²) in [6.45, 7) is 2.05. The molecule has 0 spiro atoms. The number of nitrogens with zero attached hydrogens (tertiary/aromatic N) is 2. The SMILES string of the molecule is COc1ccc(Br)c(-n2c(CCl)nc3c(C)cccc32)c1. The van der Waals surface area contributed by atoms with Crippen molar-refractivity contribution in [1.29, 1.82) is 0 Å². The zero-order valence-corrected chi connectivity index (χ0v) is 14.1. The highest BCUT2D eigenvalue weighted by Crippen LogP contribution is 2.31. The molecule has 0 bridgehead atoms. The van der Waals surface area contributed by atoms with Gasteiger partial charge in [0.05, 0.1) is 29.7 Å². The van der Waals surface area contributed by atoms with Gasteiger partial charge in [0.1, 0.15) is 11.6 Å². The Hall–Kier alpha value is -1.52. The van der Waals surface area contributed by atoms with Crippen LogP contribution in [0, 0.1) is 6.92 Å². The molecule has 3 aromatic rings. The van der Waals surface area contributed by atoms with Gasteiger partial charge in [-0.1, -0.05) is 12.1 Å². The van der Waals surface area contributed by atoms with E-state index in [1.165, 1.54) is 0 Å². The van der Waals surface area contributed by atoms with Crippen LogP contribution in [-0.2, 0) is 5.88 Å². The number of rotatable bonds is 3. The fourth-order valence-corrected chi connectivity index (χ4v) is 3.04. The van der Waals surface area contributed by atoms with E-state index in [9.17, 15) is 0 Å². The van der Waals surface area contributed by atoms with Crippen molar-refractivity contribution < 1.29 is 4.74 Å². The summed E-state index contributed by atoms with van der Waals surface area (Å²) in [4.78, 5) is 4.67. The van der Waals surface area contributed by atoms with E-state index in [0.717, 1.165) is 38.3 Å². The fraction of sp³-hybridized carbons (Fsp3) is 0.188. The minimum atomic E-state index is 0.345. The van der Waals surface area contributed by atoms with Gasteiger partial charge in [-0.2, -0.15) is 0 Å². The Morgan fingerprint density at radius 1 is 1.29 bits per heavy atom. The summed E-state index contributed by atoms with van der Waals surface area (Å²) in [7, 11) is 1.66. The second kappa shape index (κ2) is 5.70. The van der Waals surface area contributed by atoms with Crippen LogP contribution in [0.5, 0.6) is 5.75 Å². The van der Waals surface area contributed by atoms with Crippen molar-refractivity contribution in [2.75, 3.05) is 7.11 Å². The van der Waals surface area contributed by atoms with Gasteiger partial charge < -0.3 is 4.74 Å². The molecule has 0 N–H and O–H groups in total. The first-order valence-corrected chi connectivity index (χ1v) is 7.85. The molecular weight excluding hydrogens is 352 g/mol. The average molecular weight is 366 g/mol. The lowest BCUT2D eigenvalue weighted by Crippen LogP contribution is -2.01. The lowest BCUT2D eigenvalue weighted by atomic mass is 10.2. The standard InChI is InChI=1S/C16H14BrClN2O/c1-10-4-3-5-13-16(10)19-15(9-18)20(13)14-8-11(21-2)6-7-12(14)17/h3-8H,9H2,1-2H3. The van der Waals surface area contributed by atoms with Gasteiger partial charge >= 0.3 is 0 Å². The van der Waals surface area contributed by atoms with Crippen LogP contribution in [0.3, 0.4) is 0 Å². The van der Waals surface area contributed by atoms with Crippen LogP contribution in [0.4, 0.5) is 0 Å². The molecule has 0 radical (unpaired) electrons. The lowest BCUT2D eigenvalue weighted by Gasteiger charge is -2.12. The number of hydrogen-bond donors (Lipinski definition) is 0. The Morgan fingerprint density at radius 3 is 2.81 bits per heavy atom. The number of para-hydroxylation sites is 1. The first kappa shape index (κ1) is 14.4. The number of aryl methyl sites for hydroxylation is 1. The van der Waals surface area contributed by atoms with Crippen molar-refractivity contribution >= 4 is 38.6 Å². The van der Waals surface area contributed by atoms with E-state index in [-0.39, 0.29) is 0 Å². The summed E-state index contributed by atoms with van der Waals surface area (Å²) in [5, 5.41) is 0. The van der Waals surface area contributed by atoms with Crippen LogP contribution in [-0.4, -0.2) is 16.7 Å². The first-order chi connectivity index (χ1) is 10.2. The normalized spacial score (nSPS) is 11.0. The van der Waals surface area contributed by atoms with Gasteiger partial charge in [-0.05, 0) is 46.6 Å². The number of aromatic nitrogens is 2. The Labute approximate surface area is 136 Å². The van der Waals surface area contributed by atoms with Gasteiger partial charge in [0, 0.05) is 10.5 Å². The lowest BCUT2D eigenvalue weighted by molar-refractivity contribution is 0.414. The van der Waals surface area contributed by atoms with Gasteiger partial charge in [-0.25, -0.2) is 4.98 Å². The fourth-order valence-electron chi connectivity index (χ4n) is 2.44. The highest BCUT2D eigenvalue weighted by Gasteiger charge is 2.15. The summed E-state index contributed by atoms with van der Waals surface area (Å²) in [6, 6.07) is 12.0. The maximum absolute atomic E-state index is 6.10. The molecule has 1 heterocycles. The Bertz CT molecular complexity index is 813. The molecule has 0 aliphatic rings. The van der Waals surface area contributed by atoms with Crippen molar-refractivity contribution in [3.8, 4) is 11.4 Å². The molecule has 0 unspecified atom stereocenters. The van der Waals surface area contributed by atoms with Crippen molar-refractivity contribution in [1.82, 2.24) is 9.55 Å². The molecule has 0 atom stereocenters. The van der Waals surface area contributed by atoms with E-state index in [1.807, 2.05) is 24.3 Å². The van der Waals surface area contributed by atoms with E-state index < -0.39 is 0 Å². The highest BCUT2D eigenvalue weighted by atomic mass is 79.9. The van der Waals surface area contributed by atoms with Crippen LogP contribution in [0.2, 0.25) is 0 Å². The van der Waals surface area contributed by atoms with Crippen LogP contribution in [0.25, 0.3) is 16.7 Å². The quantitative estimate of drug-likeness (QED) is 0.621. The summed E-state index contributed by atoms with van der Waals surface area (Å²) in [5.74, 6) is 1.95. The minimum absolute atomic E-state index is 0.345. The zero-order chi connectivity index (χ0) is 15.0. The van der Waals surface area contributed by atoms with Gasteiger partial charge in [0.2, 0.25) is 0 Å². The van der Waals surface area contributed by atoms with Gasteiger partial charge in [-0.3, -0.25) is 4.57 Å². The van der Waals surface area contributed by atoms with E-state index >= 15 is 0 Å². The molecule has 0 fully saturated rings. The van der Waals surface area contributed by atoms with Gasteiger partial charge in [0.15, 0.2) is 0 Å². The monoisotopic (exact) mass is 364 g/mol. The Kier molecular flexibility index (Phi) is 3.91. The molecule has 0 saturated heterocycles. The topological polar surface area (TPSA) is 27.1 Å². The highest BCUT2D eigenvalue weighted by molar-refractivity contribution is 9.10. The molecule has 0 saturated carbocycles. The average Bonchev–Trinajstić information content (AvgIpc) is 2.88. The molecular formula is C16H14BrClN2O. The van der Waals surface area contributed by atoms with Gasteiger partial charge in [0.25, 0.3) is 0 Å². The van der Waals surface area contributed by atoms with E-state index in [1.54, 1.807) is 7.11 Å². The van der Waals surface area contributed by atoms with Crippen LogP contribution in [0.1, 0.15) is 11.4 Å². The third-order valence-corrected chi connectivity index (χ3v) is 4.38. The second-order valence-electron chi connectivity index (χ2n) is 4.76. The second-order valence-corrected chi connectivity index (χ2v) is 5.88. The van der Waals surface area contributed by atoms with Crippen molar-refractivity contribution in [2.24, 2.45) is 0 Å². The molecule has 0 aliphatic heterocycles. The largest absolute Gasteiger partial charge is 0.497 e. The molecule has 0 amide bonds. The van der Waals surface area contributed by atoms with Crippen molar-refractivity contribution in [3.05, 3.63) is 52.3 Å². The minimum Gasteiger partial charge on any atom is -0.497 e. The Balaban J connectivity index is 2.36. The maximum Gasteiger partial charge on any atom is 0.129 e. The summed E-state index contributed by atoms with van der Waals surface area (Å²) >= 11 is 9.70. The third-order valence-electron chi connectivity index (χ3n) is 3.47. The number of methoxy groups -OCH3 is 1. The predicted octanol–water partition coefficient (Wildman–Crippen LogP) is 4.84. The summed E-state index contributed by atoms with van der Waals surface area (Å²) in [6.07, 6.45) is 0. The molecule has 2 aromatic carbocycles. The maximum atomic E-state index is 6.10. The molecule has 21 heavy (non-hydrogen) atoms. The summed E-state index contributed by atoms with van der Waals surface area (Å²) in [5.41, 5.74) is 4.12. The molecule has 3 rings (SSSR count). The number of alkyl halides is 1. The third kappa shape index (κ3) is 2.43. The van der Waals surface area contributed by atoms with E-state index in [4.69, 9.17) is 16.3 Å². The number of benzene rings is 2. The number of imidazole rings is 1. The number of fused-ring (bicyclic) bond motifs is 1. The van der Waals surface area contributed by atoms with Crippen molar-refractivity contribution in [2.45, 2.75) is 12.8 Å². The van der Waals surface area contributed by atoms with E-state index in [2.05, 4.69) is 44.5 Å². The van der Waals surface area contributed by atoms with Crippen LogP contribution < -0.4 is 4.74 Å². The zero-order valence-electron chi connectivity index (χ0n) is 11.7. The molecule has 3 nitrogen and oxygen atoms in total. The Morgan fingerprint density at radius 2 is 2.10 bits per heavy atom. The smallest absolute Gasteiger partial charge is 0.129 e. The number of halogens is 2. The predicted molar refractivity (Wildman–Crippen MR) is 89.6 cm³/mol. The molecule has 5 heteroatoms. The number of hydrogen-bond acceptors (Lipinski definition) is 2. The van der Waals surface area contributed by atoms with Gasteiger partial charge in [-0.15, -0.1) is 11.6 Å². The van der Waals surface area contributed by atoms with E-state index in [0.29, 0.717) is 5.88 Å². The molecule has 1 aromatic heterocycles. The van der Waals surface area contributed by atoms with Crippen LogP contribution in [0.15, 0.2) is 40.9 Å².